The predicted molar refractivity (Wildman–Crippen MR) is 69.4 cm³/mol. The number of hydrogen-bond donors (Lipinski definition) is 2. The molecular formula is C9H13NO4S3. The molecule has 0 fully saturated rings. The van der Waals surface area contributed by atoms with E-state index in [2.05, 4.69) is 4.72 Å². The second-order valence-electron chi connectivity index (χ2n) is 3.36. The number of rotatable bonds is 6. The molecule has 1 aromatic heterocycles. The molecule has 0 saturated carbocycles. The quantitative estimate of drug-likeness (QED) is 0.830. The second-order valence-corrected chi connectivity index (χ2v) is 7.54. The van der Waals surface area contributed by atoms with Crippen molar-refractivity contribution < 1.29 is 18.3 Å². The number of thioether (sulfide) groups is 1. The maximum Gasteiger partial charge on any atom is 0.336 e. The summed E-state index contributed by atoms with van der Waals surface area (Å²) in [4.78, 5) is 10.6. The first-order valence-electron chi connectivity index (χ1n) is 4.71. The summed E-state index contributed by atoms with van der Waals surface area (Å²) in [6.45, 7) is 2.23. The third-order valence-corrected chi connectivity index (χ3v) is 5.88. The molecule has 1 unspecified atom stereocenters. The molecule has 0 bridgehead atoms. The highest BCUT2D eigenvalue weighted by Crippen LogP contribution is 2.20. The highest BCUT2D eigenvalue weighted by Gasteiger charge is 2.19. The molecule has 0 aliphatic rings. The van der Waals surface area contributed by atoms with Crippen LogP contribution in [0.15, 0.2) is 15.7 Å². The minimum absolute atomic E-state index is 0.00621. The van der Waals surface area contributed by atoms with E-state index in [0.717, 1.165) is 11.3 Å². The smallest absolute Gasteiger partial charge is 0.336 e. The maximum absolute atomic E-state index is 11.8. The van der Waals surface area contributed by atoms with Gasteiger partial charge in [0.1, 0.15) is 4.21 Å². The van der Waals surface area contributed by atoms with E-state index in [1.165, 1.54) is 11.4 Å². The van der Waals surface area contributed by atoms with Crippen LogP contribution in [0.25, 0.3) is 0 Å². The van der Waals surface area contributed by atoms with Crippen molar-refractivity contribution in [1.29, 1.82) is 0 Å². The Morgan fingerprint density at radius 1 is 1.65 bits per heavy atom. The van der Waals surface area contributed by atoms with Crippen molar-refractivity contribution in [2.45, 2.75) is 16.4 Å². The molecule has 0 aromatic carbocycles. The van der Waals surface area contributed by atoms with Crippen molar-refractivity contribution in [1.82, 2.24) is 4.72 Å². The fourth-order valence-corrected chi connectivity index (χ4v) is 3.64. The van der Waals surface area contributed by atoms with Gasteiger partial charge in [0, 0.05) is 17.2 Å². The van der Waals surface area contributed by atoms with Crippen LogP contribution in [0.2, 0.25) is 0 Å². The Morgan fingerprint density at radius 2 is 2.29 bits per heavy atom. The van der Waals surface area contributed by atoms with Gasteiger partial charge in [-0.3, -0.25) is 0 Å². The first-order valence-corrected chi connectivity index (χ1v) is 8.36. The number of carboxylic acid groups (broad SMARTS) is 1. The fourth-order valence-electron chi connectivity index (χ4n) is 0.951. The molecule has 1 atom stereocenters. The van der Waals surface area contributed by atoms with Gasteiger partial charge >= 0.3 is 5.97 Å². The summed E-state index contributed by atoms with van der Waals surface area (Å²) in [5, 5.41) is 10.2. The number of carboxylic acids is 1. The number of aromatic carboxylic acids is 1. The van der Waals surface area contributed by atoms with Gasteiger partial charge < -0.3 is 5.11 Å². The molecule has 2 N–H and O–H groups in total. The topological polar surface area (TPSA) is 83.5 Å². The third kappa shape index (κ3) is 3.98. The summed E-state index contributed by atoms with van der Waals surface area (Å²) in [7, 11) is -3.59. The molecule has 1 heterocycles. The first kappa shape index (κ1) is 14.5. The summed E-state index contributed by atoms with van der Waals surface area (Å²) < 4.78 is 26.0. The van der Waals surface area contributed by atoms with Gasteiger partial charge in [-0.1, -0.05) is 6.92 Å². The number of nitrogens with one attached hydrogen (secondary N) is 1. The monoisotopic (exact) mass is 295 g/mol. The molecule has 0 aliphatic carbocycles. The summed E-state index contributed by atoms with van der Waals surface area (Å²) in [5.41, 5.74) is -0.00621. The van der Waals surface area contributed by atoms with Crippen LogP contribution in [0.5, 0.6) is 0 Å². The van der Waals surface area contributed by atoms with Crippen molar-refractivity contribution in [3.8, 4) is 0 Å². The van der Waals surface area contributed by atoms with Gasteiger partial charge in [0.15, 0.2) is 0 Å². The van der Waals surface area contributed by atoms with E-state index in [-0.39, 0.29) is 15.0 Å². The van der Waals surface area contributed by atoms with Crippen LogP contribution >= 0.6 is 23.1 Å². The third-order valence-electron chi connectivity index (χ3n) is 2.05. The second kappa shape index (κ2) is 5.85. The van der Waals surface area contributed by atoms with Crippen molar-refractivity contribution in [3.05, 3.63) is 17.0 Å². The zero-order valence-electron chi connectivity index (χ0n) is 9.34. The van der Waals surface area contributed by atoms with Crippen LogP contribution in [0.1, 0.15) is 17.3 Å². The van der Waals surface area contributed by atoms with Crippen molar-refractivity contribution >= 4 is 39.1 Å². The van der Waals surface area contributed by atoms with Crippen LogP contribution in [-0.2, 0) is 10.0 Å². The van der Waals surface area contributed by atoms with Crippen LogP contribution in [-0.4, -0.2) is 37.5 Å². The van der Waals surface area contributed by atoms with E-state index < -0.39 is 16.0 Å². The van der Waals surface area contributed by atoms with Gasteiger partial charge in [-0.05, 0) is 12.3 Å². The molecular weight excluding hydrogens is 282 g/mol. The van der Waals surface area contributed by atoms with Gasteiger partial charge in [0.25, 0.3) is 0 Å². The minimum atomic E-state index is -3.59. The summed E-state index contributed by atoms with van der Waals surface area (Å²) in [6, 6.07) is 1.17. The summed E-state index contributed by atoms with van der Waals surface area (Å²) in [6.07, 6.45) is 1.90. The number of carbonyl (C=O) groups is 1. The van der Waals surface area contributed by atoms with Crippen molar-refractivity contribution in [3.63, 3.8) is 0 Å². The molecule has 0 radical (unpaired) electrons. The highest BCUT2D eigenvalue weighted by molar-refractivity contribution is 7.99. The maximum atomic E-state index is 11.8. The Morgan fingerprint density at radius 3 is 2.76 bits per heavy atom. The van der Waals surface area contributed by atoms with Crippen molar-refractivity contribution in [2.75, 3.05) is 12.8 Å². The lowest BCUT2D eigenvalue weighted by Crippen LogP contribution is -2.28. The average Bonchev–Trinajstić information content (AvgIpc) is 2.76. The summed E-state index contributed by atoms with van der Waals surface area (Å²) >= 11 is 2.46. The van der Waals surface area contributed by atoms with Gasteiger partial charge in [-0.25, -0.2) is 17.9 Å². The van der Waals surface area contributed by atoms with Crippen LogP contribution in [0.3, 0.4) is 0 Å². The average molecular weight is 295 g/mol. The first-order chi connectivity index (χ1) is 7.86. The molecule has 1 rings (SSSR count). The van der Waals surface area contributed by atoms with Gasteiger partial charge in [-0.15, -0.1) is 11.3 Å². The molecule has 17 heavy (non-hydrogen) atoms. The Balaban J connectivity index is 2.79. The predicted octanol–water partition coefficient (Wildman–Crippen LogP) is 1.48. The molecule has 0 aliphatic heterocycles. The Bertz CT molecular complexity index is 494. The normalized spacial score (nSPS) is 13.5. The van der Waals surface area contributed by atoms with E-state index in [4.69, 9.17) is 5.11 Å². The lowest BCUT2D eigenvalue weighted by Gasteiger charge is -2.09. The lowest BCUT2D eigenvalue weighted by atomic mass is 10.4. The Kier molecular flexibility index (Phi) is 4.99. The van der Waals surface area contributed by atoms with E-state index in [1.807, 2.05) is 13.2 Å². The van der Waals surface area contributed by atoms with Gasteiger partial charge in [0.2, 0.25) is 10.0 Å². The Labute approximate surface area is 108 Å². The molecule has 0 saturated heterocycles. The van der Waals surface area contributed by atoms with E-state index in [0.29, 0.717) is 6.54 Å². The lowest BCUT2D eigenvalue weighted by molar-refractivity contribution is 0.0697. The molecule has 8 heteroatoms. The van der Waals surface area contributed by atoms with Gasteiger partial charge in [0.05, 0.1) is 5.56 Å². The van der Waals surface area contributed by atoms with Gasteiger partial charge in [-0.2, -0.15) is 11.8 Å². The molecule has 0 amide bonds. The zero-order valence-corrected chi connectivity index (χ0v) is 11.8. The molecule has 1 aromatic rings. The van der Waals surface area contributed by atoms with Crippen LogP contribution < -0.4 is 4.72 Å². The fraction of sp³-hybridized carbons (Fsp3) is 0.444. The molecule has 5 nitrogen and oxygen atoms in total. The van der Waals surface area contributed by atoms with E-state index >= 15 is 0 Å². The van der Waals surface area contributed by atoms with E-state index in [1.54, 1.807) is 11.8 Å². The zero-order chi connectivity index (χ0) is 13.1. The number of thiophene rings is 1. The largest absolute Gasteiger partial charge is 0.478 e. The van der Waals surface area contributed by atoms with E-state index in [9.17, 15) is 13.2 Å². The molecule has 0 spiro atoms. The number of hydrogen-bond acceptors (Lipinski definition) is 5. The van der Waals surface area contributed by atoms with Crippen LogP contribution in [0, 0.1) is 0 Å². The van der Waals surface area contributed by atoms with Crippen LogP contribution in [0.4, 0.5) is 0 Å². The molecule has 96 valence electrons. The highest BCUT2D eigenvalue weighted by atomic mass is 32.2. The number of sulfonamides is 1. The minimum Gasteiger partial charge on any atom is -0.478 e. The summed E-state index contributed by atoms with van der Waals surface area (Å²) in [5.74, 6) is -1.12. The van der Waals surface area contributed by atoms with Crippen molar-refractivity contribution in [2.24, 2.45) is 0 Å². The Hall–Kier alpha value is -0.570. The standard InChI is InChI=1S/C9H13NO4S3/c1-6(15-2)4-10-17(13,14)8-3-7(5-16-8)9(11)12/h3,5-6,10H,4H2,1-2H3,(H,11,12). The SMILES string of the molecule is CSC(C)CNS(=O)(=O)c1cc(C(=O)O)cs1.